The molecule has 1 aliphatic heterocycles. The molecule has 116 valence electrons. The monoisotopic (exact) mass is 306 g/mol. The number of hydrogen-bond donors (Lipinski definition) is 1. The van der Waals surface area contributed by atoms with Crippen molar-refractivity contribution in [3.63, 3.8) is 0 Å². The van der Waals surface area contributed by atoms with Crippen molar-refractivity contribution >= 4 is 8.32 Å². The maximum atomic E-state index is 10.2. The summed E-state index contributed by atoms with van der Waals surface area (Å²) in [7, 11) is -1.88. The molecule has 1 fully saturated rings. The van der Waals surface area contributed by atoms with E-state index in [-0.39, 0.29) is 23.4 Å². The fourth-order valence-corrected chi connectivity index (χ4v) is 3.35. The van der Waals surface area contributed by atoms with Crippen LogP contribution in [0, 0.1) is 11.8 Å². The molecule has 0 bridgehead atoms. The first-order valence-electron chi connectivity index (χ1n) is 7.43. The van der Waals surface area contributed by atoms with Crippen molar-refractivity contribution in [1.82, 2.24) is 0 Å². The molecule has 0 aromatic carbocycles. The van der Waals surface area contributed by atoms with Crippen LogP contribution in [-0.4, -0.2) is 37.8 Å². The molecule has 1 aliphatic carbocycles. The SMILES string of the molecule is C=C(C)C#CC1=C[C@@H](O[Si](C)(C)C(C)(C)C)[C@@H]2O[C@@H]2[C@@H]1O. The zero-order chi connectivity index (χ0) is 16.0. The Hall–Kier alpha value is -0.863. The maximum Gasteiger partial charge on any atom is 0.193 e. The number of rotatable bonds is 2. The summed E-state index contributed by atoms with van der Waals surface area (Å²) in [5.41, 5.74) is 1.48. The van der Waals surface area contributed by atoms with Gasteiger partial charge in [-0.1, -0.05) is 39.2 Å². The number of epoxide rings is 1. The Labute approximate surface area is 129 Å². The minimum Gasteiger partial charge on any atom is -0.408 e. The van der Waals surface area contributed by atoms with E-state index in [4.69, 9.17) is 9.16 Å². The number of ether oxygens (including phenoxy) is 1. The standard InChI is InChI=1S/C17H26O3Si/c1-11(2)8-9-12-10-13(15-16(19-15)14(12)18)20-21(6,7)17(3,4)5/h10,13-16,18H,1H2,2-7H3/t13-,14-,15+,16-/m1/s1. The molecular weight excluding hydrogens is 280 g/mol. The molecule has 1 N–H and O–H groups in total. The summed E-state index contributed by atoms with van der Waals surface area (Å²) in [6.45, 7) is 16.7. The smallest absolute Gasteiger partial charge is 0.193 e. The van der Waals surface area contributed by atoms with Crippen LogP contribution in [0.5, 0.6) is 0 Å². The Morgan fingerprint density at radius 2 is 2.00 bits per heavy atom. The van der Waals surface area contributed by atoms with E-state index in [1.165, 1.54) is 0 Å². The minimum atomic E-state index is -1.88. The van der Waals surface area contributed by atoms with E-state index in [2.05, 4.69) is 52.3 Å². The Morgan fingerprint density at radius 3 is 2.52 bits per heavy atom. The van der Waals surface area contributed by atoms with Crippen molar-refractivity contribution < 1.29 is 14.3 Å². The fraction of sp³-hybridized carbons (Fsp3) is 0.647. The molecule has 2 rings (SSSR count). The summed E-state index contributed by atoms with van der Waals surface area (Å²) in [4.78, 5) is 0. The highest BCUT2D eigenvalue weighted by Gasteiger charge is 2.55. The van der Waals surface area contributed by atoms with E-state index < -0.39 is 14.4 Å². The van der Waals surface area contributed by atoms with Gasteiger partial charge in [-0.25, -0.2) is 0 Å². The Morgan fingerprint density at radius 1 is 1.38 bits per heavy atom. The van der Waals surface area contributed by atoms with E-state index in [1.807, 2.05) is 13.0 Å². The second-order valence-electron chi connectivity index (χ2n) is 7.51. The number of allylic oxidation sites excluding steroid dienone is 1. The predicted molar refractivity (Wildman–Crippen MR) is 87.4 cm³/mol. The second-order valence-corrected chi connectivity index (χ2v) is 12.3. The molecular formula is C17H26O3Si. The third kappa shape index (κ3) is 3.49. The lowest BCUT2D eigenvalue weighted by molar-refractivity contribution is 0.169. The molecule has 1 saturated heterocycles. The molecule has 0 aromatic rings. The van der Waals surface area contributed by atoms with Gasteiger partial charge in [-0.05, 0) is 36.7 Å². The molecule has 4 atom stereocenters. The van der Waals surface area contributed by atoms with Crippen molar-refractivity contribution in [2.24, 2.45) is 0 Å². The average Bonchev–Trinajstić information content (AvgIpc) is 3.09. The summed E-state index contributed by atoms with van der Waals surface area (Å²) in [6, 6.07) is 0. The number of aliphatic hydroxyl groups is 1. The third-order valence-electron chi connectivity index (χ3n) is 4.52. The van der Waals surface area contributed by atoms with Crippen LogP contribution in [0.2, 0.25) is 18.1 Å². The van der Waals surface area contributed by atoms with Gasteiger partial charge in [0.1, 0.15) is 18.3 Å². The van der Waals surface area contributed by atoms with E-state index in [0.717, 1.165) is 5.57 Å². The molecule has 3 nitrogen and oxygen atoms in total. The lowest BCUT2D eigenvalue weighted by Gasteiger charge is -2.39. The first-order valence-corrected chi connectivity index (χ1v) is 10.3. The van der Waals surface area contributed by atoms with E-state index in [0.29, 0.717) is 5.57 Å². The van der Waals surface area contributed by atoms with Crippen LogP contribution in [0.25, 0.3) is 0 Å². The number of fused-ring (bicyclic) bond motifs is 1. The maximum absolute atomic E-state index is 10.2. The lowest BCUT2D eigenvalue weighted by atomic mass is 9.95. The van der Waals surface area contributed by atoms with Crippen molar-refractivity contribution in [1.29, 1.82) is 0 Å². The quantitative estimate of drug-likeness (QED) is 0.484. The van der Waals surface area contributed by atoms with Gasteiger partial charge in [-0.2, -0.15) is 0 Å². The van der Waals surface area contributed by atoms with E-state index in [9.17, 15) is 5.11 Å². The average molecular weight is 306 g/mol. The highest BCUT2D eigenvalue weighted by molar-refractivity contribution is 6.74. The Kier molecular flexibility index (Phi) is 4.25. The van der Waals surface area contributed by atoms with Gasteiger partial charge >= 0.3 is 0 Å². The van der Waals surface area contributed by atoms with Crippen LogP contribution in [0.3, 0.4) is 0 Å². The summed E-state index contributed by atoms with van der Waals surface area (Å²) in [6.07, 6.45) is 1.01. The molecule has 0 amide bonds. The third-order valence-corrected chi connectivity index (χ3v) is 8.99. The molecule has 21 heavy (non-hydrogen) atoms. The zero-order valence-electron chi connectivity index (χ0n) is 13.9. The molecule has 1 heterocycles. The van der Waals surface area contributed by atoms with E-state index >= 15 is 0 Å². The summed E-state index contributed by atoms with van der Waals surface area (Å²) in [5.74, 6) is 5.93. The van der Waals surface area contributed by atoms with Gasteiger partial charge in [-0.3, -0.25) is 0 Å². The molecule has 0 saturated carbocycles. The summed E-state index contributed by atoms with van der Waals surface area (Å²) >= 11 is 0. The van der Waals surface area contributed by atoms with Crippen molar-refractivity contribution in [3.05, 3.63) is 23.8 Å². The number of hydrogen-bond acceptors (Lipinski definition) is 3. The lowest BCUT2D eigenvalue weighted by Crippen LogP contribution is -2.46. The van der Waals surface area contributed by atoms with Crippen LogP contribution in [-0.2, 0) is 9.16 Å². The first-order chi connectivity index (χ1) is 9.53. The van der Waals surface area contributed by atoms with Gasteiger partial charge in [0.25, 0.3) is 0 Å². The number of aliphatic hydroxyl groups excluding tert-OH is 1. The molecule has 4 heteroatoms. The topological polar surface area (TPSA) is 42.0 Å². The fourth-order valence-electron chi connectivity index (χ4n) is 2.11. The van der Waals surface area contributed by atoms with Crippen molar-refractivity contribution in [3.8, 4) is 11.8 Å². The molecule has 0 spiro atoms. The normalized spacial score (nSPS) is 31.7. The van der Waals surface area contributed by atoms with Crippen LogP contribution in [0.1, 0.15) is 27.7 Å². The van der Waals surface area contributed by atoms with Gasteiger partial charge in [-0.15, -0.1) is 0 Å². The van der Waals surface area contributed by atoms with Crippen LogP contribution >= 0.6 is 0 Å². The molecule has 0 radical (unpaired) electrons. The van der Waals surface area contributed by atoms with Crippen LogP contribution in [0.15, 0.2) is 23.8 Å². The second kappa shape index (κ2) is 5.40. The highest BCUT2D eigenvalue weighted by atomic mass is 28.4. The zero-order valence-corrected chi connectivity index (χ0v) is 14.9. The van der Waals surface area contributed by atoms with Gasteiger partial charge in [0.05, 0.1) is 6.10 Å². The van der Waals surface area contributed by atoms with Crippen molar-refractivity contribution in [2.45, 2.75) is 70.2 Å². The largest absolute Gasteiger partial charge is 0.408 e. The summed E-state index contributed by atoms with van der Waals surface area (Å²) in [5, 5.41) is 10.3. The van der Waals surface area contributed by atoms with Crippen LogP contribution < -0.4 is 0 Å². The Bertz CT molecular complexity index is 530. The van der Waals surface area contributed by atoms with Crippen LogP contribution in [0.4, 0.5) is 0 Å². The highest BCUT2D eigenvalue weighted by Crippen LogP contribution is 2.43. The van der Waals surface area contributed by atoms with Gasteiger partial charge in [0, 0.05) is 5.57 Å². The molecule has 0 aromatic heterocycles. The predicted octanol–water partition coefficient (Wildman–Crippen LogP) is 3.02. The van der Waals surface area contributed by atoms with E-state index in [1.54, 1.807) is 0 Å². The molecule has 2 aliphatic rings. The minimum absolute atomic E-state index is 0.0236. The van der Waals surface area contributed by atoms with Crippen molar-refractivity contribution in [2.75, 3.05) is 0 Å². The van der Waals surface area contributed by atoms with Gasteiger partial charge in [0.15, 0.2) is 8.32 Å². The first kappa shape index (κ1) is 16.5. The Balaban J connectivity index is 2.21. The van der Waals surface area contributed by atoms with Gasteiger partial charge < -0.3 is 14.3 Å². The summed E-state index contributed by atoms with van der Waals surface area (Å²) < 4.78 is 12.0. The molecule has 0 unspecified atom stereocenters. The van der Waals surface area contributed by atoms with Gasteiger partial charge in [0.2, 0.25) is 0 Å².